The normalized spacial score (nSPS) is 10.7. The minimum absolute atomic E-state index is 0.0236. The maximum Gasteiger partial charge on any atom is 0.194 e. The second-order valence-corrected chi connectivity index (χ2v) is 9.31. The first-order valence-electron chi connectivity index (χ1n) is 12.8. The molecule has 0 N–H and O–H groups in total. The molecule has 0 aromatic heterocycles. The van der Waals surface area contributed by atoms with Crippen molar-refractivity contribution >= 4 is 5.78 Å². The summed E-state index contributed by atoms with van der Waals surface area (Å²) in [6.45, 7) is 0. The van der Waals surface area contributed by atoms with Crippen LogP contribution in [0.1, 0.15) is 15.9 Å². The van der Waals surface area contributed by atoms with Gasteiger partial charge in [0.05, 0.1) is 0 Å². The van der Waals surface area contributed by atoms with Gasteiger partial charge in [-0.3, -0.25) is 4.79 Å². The summed E-state index contributed by atoms with van der Waals surface area (Å²) >= 11 is 0. The molecule has 0 fully saturated rings. The van der Waals surface area contributed by atoms with Crippen molar-refractivity contribution in [2.45, 2.75) is 0 Å². The molecule has 38 heavy (non-hydrogen) atoms. The Labute approximate surface area is 223 Å². The van der Waals surface area contributed by atoms with Gasteiger partial charge < -0.3 is 0 Å². The summed E-state index contributed by atoms with van der Waals surface area (Å²) in [5.74, 6) is 0.0236. The summed E-state index contributed by atoms with van der Waals surface area (Å²) in [5, 5.41) is 0. The lowest BCUT2D eigenvalue weighted by Crippen LogP contribution is -2.05. The molecule has 1 heteroatoms. The van der Waals surface area contributed by atoms with Crippen LogP contribution in [0.3, 0.4) is 0 Å². The number of carbonyl (C=O) groups excluding carboxylic acids is 1. The minimum Gasteiger partial charge on any atom is -0.289 e. The van der Waals surface area contributed by atoms with Crippen LogP contribution in [0.25, 0.3) is 44.5 Å². The van der Waals surface area contributed by atoms with Crippen molar-refractivity contribution < 1.29 is 4.79 Å². The second kappa shape index (κ2) is 10.5. The molecule has 6 rings (SSSR count). The van der Waals surface area contributed by atoms with Crippen molar-refractivity contribution in [3.63, 3.8) is 0 Å². The second-order valence-electron chi connectivity index (χ2n) is 9.31. The first kappa shape index (κ1) is 23.4. The molecule has 0 radical (unpaired) electrons. The molecule has 180 valence electrons. The fraction of sp³-hybridized carbons (Fsp3) is 0. The summed E-state index contributed by atoms with van der Waals surface area (Å²) in [7, 11) is 0. The van der Waals surface area contributed by atoms with E-state index < -0.39 is 0 Å². The molecule has 6 aromatic carbocycles. The third-order valence-corrected chi connectivity index (χ3v) is 6.95. The number of ketones is 1. The standard InChI is InChI=1S/C37H26O/c38-37(35-17-9-7-15-33(35)31-23-19-29(20-24-31)27-11-3-1-4-12-27)36-18-10-8-16-34(36)32-25-21-30(22-26-32)28-13-5-2-6-14-28/h1-26H. The van der Waals surface area contributed by atoms with Crippen molar-refractivity contribution in [2.75, 3.05) is 0 Å². The van der Waals surface area contributed by atoms with Gasteiger partial charge in [0.1, 0.15) is 0 Å². The summed E-state index contributed by atoms with van der Waals surface area (Å²) in [6, 6.07) is 53.3. The van der Waals surface area contributed by atoms with E-state index in [0.29, 0.717) is 11.1 Å². The predicted octanol–water partition coefficient (Wildman–Crippen LogP) is 9.59. The number of carbonyl (C=O) groups is 1. The Balaban J connectivity index is 1.34. The summed E-state index contributed by atoms with van der Waals surface area (Å²) in [5.41, 5.74) is 9.99. The van der Waals surface area contributed by atoms with E-state index in [4.69, 9.17) is 0 Å². The van der Waals surface area contributed by atoms with E-state index in [1.54, 1.807) is 0 Å². The molecule has 6 aromatic rings. The van der Waals surface area contributed by atoms with E-state index in [0.717, 1.165) is 33.4 Å². The molecule has 0 unspecified atom stereocenters. The van der Waals surface area contributed by atoms with Crippen molar-refractivity contribution in [3.8, 4) is 44.5 Å². The van der Waals surface area contributed by atoms with Crippen LogP contribution in [0, 0.1) is 0 Å². The third kappa shape index (κ3) is 4.70. The monoisotopic (exact) mass is 486 g/mol. The molecule has 0 spiro atoms. The van der Waals surface area contributed by atoms with E-state index in [2.05, 4.69) is 72.8 Å². The van der Waals surface area contributed by atoms with Crippen LogP contribution >= 0.6 is 0 Å². The summed E-state index contributed by atoms with van der Waals surface area (Å²) in [6.07, 6.45) is 0. The third-order valence-electron chi connectivity index (χ3n) is 6.95. The van der Waals surface area contributed by atoms with Crippen LogP contribution in [0.15, 0.2) is 158 Å². The van der Waals surface area contributed by atoms with E-state index in [-0.39, 0.29) is 5.78 Å². The molecule has 0 heterocycles. The van der Waals surface area contributed by atoms with Gasteiger partial charge >= 0.3 is 0 Å². The van der Waals surface area contributed by atoms with Gasteiger partial charge in [-0.1, -0.05) is 158 Å². The number of hydrogen-bond acceptors (Lipinski definition) is 1. The number of benzene rings is 6. The Bertz CT molecular complexity index is 1550. The average molecular weight is 487 g/mol. The zero-order chi connectivity index (χ0) is 25.7. The first-order valence-corrected chi connectivity index (χ1v) is 12.8. The summed E-state index contributed by atoms with van der Waals surface area (Å²) < 4.78 is 0. The topological polar surface area (TPSA) is 17.1 Å². The van der Waals surface area contributed by atoms with E-state index >= 15 is 0 Å². The van der Waals surface area contributed by atoms with Crippen LogP contribution in [0.4, 0.5) is 0 Å². The van der Waals surface area contributed by atoms with Crippen LogP contribution in [-0.2, 0) is 0 Å². The highest BCUT2D eigenvalue weighted by Crippen LogP contribution is 2.32. The molecule has 1 nitrogen and oxygen atoms in total. The van der Waals surface area contributed by atoms with Gasteiger partial charge in [-0.2, -0.15) is 0 Å². The van der Waals surface area contributed by atoms with Gasteiger partial charge in [0.15, 0.2) is 5.78 Å². The van der Waals surface area contributed by atoms with E-state index in [1.807, 2.05) is 84.9 Å². The Kier molecular flexibility index (Phi) is 6.49. The quantitative estimate of drug-likeness (QED) is 0.214. The zero-order valence-electron chi connectivity index (χ0n) is 20.9. The Morgan fingerprint density at radius 2 is 0.579 bits per heavy atom. The van der Waals surface area contributed by atoms with Crippen molar-refractivity contribution in [1.29, 1.82) is 0 Å². The minimum atomic E-state index is 0.0236. The fourth-order valence-electron chi connectivity index (χ4n) is 4.96. The molecular formula is C37H26O. The smallest absolute Gasteiger partial charge is 0.194 e. The predicted molar refractivity (Wildman–Crippen MR) is 158 cm³/mol. The van der Waals surface area contributed by atoms with Crippen molar-refractivity contribution in [1.82, 2.24) is 0 Å². The van der Waals surface area contributed by atoms with Crippen molar-refractivity contribution in [3.05, 3.63) is 169 Å². The average Bonchev–Trinajstić information content (AvgIpc) is 3.02. The van der Waals surface area contributed by atoms with Crippen LogP contribution in [0.2, 0.25) is 0 Å². The molecule has 0 saturated carbocycles. The highest BCUT2D eigenvalue weighted by Gasteiger charge is 2.18. The van der Waals surface area contributed by atoms with Crippen molar-refractivity contribution in [2.24, 2.45) is 0 Å². The van der Waals surface area contributed by atoms with Crippen LogP contribution in [0.5, 0.6) is 0 Å². The van der Waals surface area contributed by atoms with E-state index in [1.165, 1.54) is 11.1 Å². The molecule has 0 aliphatic heterocycles. The molecule has 0 bridgehead atoms. The lowest BCUT2D eigenvalue weighted by atomic mass is 9.89. The van der Waals surface area contributed by atoms with Gasteiger partial charge in [0.2, 0.25) is 0 Å². The molecular weight excluding hydrogens is 460 g/mol. The zero-order valence-corrected chi connectivity index (χ0v) is 20.9. The van der Waals surface area contributed by atoms with E-state index in [9.17, 15) is 4.79 Å². The fourth-order valence-corrected chi connectivity index (χ4v) is 4.96. The Morgan fingerprint density at radius 1 is 0.289 bits per heavy atom. The largest absolute Gasteiger partial charge is 0.289 e. The van der Waals surface area contributed by atoms with Gasteiger partial charge in [0.25, 0.3) is 0 Å². The van der Waals surface area contributed by atoms with Crippen LogP contribution < -0.4 is 0 Å². The summed E-state index contributed by atoms with van der Waals surface area (Å²) in [4.78, 5) is 14.0. The Hall–Kier alpha value is -5.01. The first-order chi connectivity index (χ1) is 18.8. The van der Waals surface area contributed by atoms with Crippen LogP contribution in [-0.4, -0.2) is 5.78 Å². The SMILES string of the molecule is O=C(c1ccccc1-c1ccc(-c2ccccc2)cc1)c1ccccc1-c1ccc(-c2ccccc2)cc1. The van der Waals surface area contributed by atoms with Gasteiger partial charge in [-0.05, 0) is 44.5 Å². The lowest BCUT2D eigenvalue weighted by Gasteiger charge is -2.13. The van der Waals surface area contributed by atoms with Gasteiger partial charge in [0, 0.05) is 11.1 Å². The molecule has 0 saturated heterocycles. The number of rotatable bonds is 6. The Morgan fingerprint density at radius 3 is 0.974 bits per heavy atom. The maximum absolute atomic E-state index is 14.0. The van der Waals surface area contributed by atoms with Gasteiger partial charge in [-0.25, -0.2) is 0 Å². The maximum atomic E-state index is 14.0. The van der Waals surface area contributed by atoms with Gasteiger partial charge in [-0.15, -0.1) is 0 Å². The molecule has 0 amide bonds. The lowest BCUT2D eigenvalue weighted by molar-refractivity contribution is 0.104. The number of hydrogen-bond donors (Lipinski definition) is 0. The molecule has 0 aliphatic carbocycles. The molecule has 0 aliphatic rings. The molecule has 0 atom stereocenters. The highest BCUT2D eigenvalue weighted by atomic mass is 16.1. The highest BCUT2D eigenvalue weighted by molar-refractivity contribution is 6.16.